The highest BCUT2D eigenvalue weighted by atomic mass is 35.5. The average Bonchev–Trinajstić information content (AvgIpc) is 2.47. The van der Waals surface area contributed by atoms with E-state index in [-0.39, 0.29) is 5.38 Å². The molecule has 0 saturated carbocycles. The molecule has 0 bridgehead atoms. The minimum atomic E-state index is -0.0575. The molecule has 2 rings (SSSR count). The van der Waals surface area contributed by atoms with E-state index < -0.39 is 0 Å². The van der Waals surface area contributed by atoms with Gasteiger partial charge in [0.15, 0.2) is 11.5 Å². The number of methoxy groups -OCH3 is 2. The Labute approximate surface area is 119 Å². The number of rotatable bonds is 5. The molecular weight excluding hydrogens is 266 g/mol. The summed E-state index contributed by atoms with van der Waals surface area (Å²) in [5.74, 6) is 1.44. The van der Waals surface area contributed by atoms with Gasteiger partial charge in [-0.05, 0) is 17.7 Å². The molecule has 1 aromatic carbocycles. The number of hydrogen-bond acceptors (Lipinski definition) is 4. The van der Waals surface area contributed by atoms with Crippen LogP contribution in [0.3, 0.4) is 0 Å². The highest BCUT2D eigenvalue weighted by Gasteiger charge is 2.17. The van der Waals surface area contributed by atoms with Crippen LogP contribution in [-0.2, 0) is 4.74 Å². The Kier molecular flexibility index (Phi) is 5.31. The first kappa shape index (κ1) is 14.4. The monoisotopic (exact) mass is 285 g/mol. The van der Waals surface area contributed by atoms with E-state index >= 15 is 0 Å². The molecule has 4 nitrogen and oxygen atoms in total. The van der Waals surface area contributed by atoms with Crippen LogP contribution in [0.15, 0.2) is 18.2 Å². The van der Waals surface area contributed by atoms with E-state index in [0.717, 1.165) is 44.2 Å². The van der Waals surface area contributed by atoms with Crippen LogP contribution in [-0.4, -0.2) is 52.0 Å². The third-order valence-corrected chi connectivity index (χ3v) is 3.68. The summed E-state index contributed by atoms with van der Waals surface area (Å²) in [6, 6.07) is 5.82. The SMILES string of the molecule is COc1ccc(C(Cl)CN2CCOCC2)cc1OC. The molecule has 1 atom stereocenters. The standard InChI is InChI=1S/C14H20ClNO3/c1-17-13-4-3-11(9-14(13)18-2)12(15)10-16-5-7-19-8-6-16/h3-4,9,12H,5-8,10H2,1-2H3. The van der Waals surface area contributed by atoms with Crippen LogP contribution >= 0.6 is 11.6 Å². The number of alkyl halides is 1. The molecule has 1 saturated heterocycles. The van der Waals surface area contributed by atoms with E-state index in [1.54, 1.807) is 14.2 Å². The first-order valence-corrected chi connectivity index (χ1v) is 6.84. The molecule has 1 aliphatic rings. The third-order valence-electron chi connectivity index (χ3n) is 3.29. The summed E-state index contributed by atoms with van der Waals surface area (Å²) in [5.41, 5.74) is 1.05. The van der Waals surface area contributed by atoms with Gasteiger partial charge in [-0.25, -0.2) is 0 Å². The van der Waals surface area contributed by atoms with Crippen LogP contribution in [0.2, 0.25) is 0 Å². The Bertz CT molecular complexity index is 408. The lowest BCUT2D eigenvalue weighted by atomic mass is 10.1. The van der Waals surface area contributed by atoms with Crippen LogP contribution in [0, 0.1) is 0 Å². The zero-order valence-corrected chi connectivity index (χ0v) is 12.2. The molecule has 0 radical (unpaired) electrons. The van der Waals surface area contributed by atoms with Gasteiger partial charge in [-0.3, -0.25) is 4.90 Å². The van der Waals surface area contributed by atoms with Crippen LogP contribution < -0.4 is 9.47 Å². The highest BCUT2D eigenvalue weighted by molar-refractivity contribution is 6.21. The first-order chi connectivity index (χ1) is 9.24. The van der Waals surface area contributed by atoms with Crippen molar-refractivity contribution in [3.8, 4) is 11.5 Å². The minimum absolute atomic E-state index is 0.0575. The third kappa shape index (κ3) is 3.75. The smallest absolute Gasteiger partial charge is 0.161 e. The molecule has 1 aromatic rings. The molecule has 1 fully saturated rings. The van der Waals surface area contributed by atoms with E-state index in [1.165, 1.54) is 0 Å². The van der Waals surface area contributed by atoms with Gasteiger partial charge in [0, 0.05) is 19.6 Å². The maximum Gasteiger partial charge on any atom is 0.161 e. The fourth-order valence-electron chi connectivity index (χ4n) is 2.16. The van der Waals surface area contributed by atoms with Gasteiger partial charge in [0.25, 0.3) is 0 Å². The van der Waals surface area contributed by atoms with E-state index in [1.807, 2.05) is 18.2 Å². The Morgan fingerprint density at radius 3 is 2.53 bits per heavy atom. The van der Waals surface area contributed by atoms with Gasteiger partial charge in [0.2, 0.25) is 0 Å². The van der Waals surface area contributed by atoms with Crippen molar-refractivity contribution < 1.29 is 14.2 Å². The second-order valence-electron chi connectivity index (χ2n) is 4.49. The van der Waals surface area contributed by atoms with E-state index in [9.17, 15) is 0 Å². The summed E-state index contributed by atoms with van der Waals surface area (Å²) in [7, 11) is 3.26. The van der Waals surface area contributed by atoms with Crippen molar-refractivity contribution in [2.45, 2.75) is 5.38 Å². The second kappa shape index (κ2) is 6.98. The van der Waals surface area contributed by atoms with Crippen molar-refractivity contribution in [1.82, 2.24) is 4.90 Å². The Hall–Kier alpha value is -0.970. The van der Waals surface area contributed by atoms with Crippen molar-refractivity contribution in [2.75, 3.05) is 47.1 Å². The number of benzene rings is 1. The maximum absolute atomic E-state index is 6.49. The number of hydrogen-bond donors (Lipinski definition) is 0. The normalized spacial score (nSPS) is 18.1. The van der Waals surface area contributed by atoms with Crippen molar-refractivity contribution >= 4 is 11.6 Å². The van der Waals surface area contributed by atoms with Crippen LogP contribution in [0.4, 0.5) is 0 Å². The molecule has 0 spiro atoms. The molecule has 19 heavy (non-hydrogen) atoms. The molecule has 1 unspecified atom stereocenters. The fraction of sp³-hybridized carbons (Fsp3) is 0.571. The topological polar surface area (TPSA) is 30.9 Å². The summed E-state index contributed by atoms with van der Waals surface area (Å²) in [6.07, 6.45) is 0. The number of morpholine rings is 1. The Morgan fingerprint density at radius 2 is 1.89 bits per heavy atom. The van der Waals surface area contributed by atoms with Gasteiger partial charge in [0.05, 0.1) is 32.8 Å². The molecule has 0 aromatic heterocycles. The zero-order chi connectivity index (χ0) is 13.7. The van der Waals surface area contributed by atoms with E-state index in [4.69, 9.17) is 25.8 Å². The van der Waals surface area contributed by atoms with Crippen LogP contribution in [0.5, 0.6) is 11.5 Å². The van der Waals surface area contributed by atoms with E-state index in [2.05, 4.69) is 4.90 Å². The van der Waals surface area contributed by atoms with Crippen molar-refractivity contribution in [3.05, 3.63) is 23.8 Å². The summed E-state index contributed by atoms with van der Waals surface area (Å²) >= 11 is 6.49. The lowest BCUT2D eigenvalue weighted by Crippen LogP contribution is -2.38. The van der Waals surface area contributed by atoms with Gasteiger partial charge in [0.1, 0.15) is 0 Å². The molecule has 1 heterocycles. The molecule has 106 valence electrons. The first-order valence-electron chi connectivity index (χ1n) is 6.40. The van der Waals surface area contributed by atoms with Crippen molar-refractivity contribution in [3.63, 3.8) is 0 Å². The molecule has 5 heteroatoms. The molecule has 0 aliphatic carbocycles. The summed E-state index contributed by atoms with van der Waals surface area (Å²) in [4.78, 5) is 2.32. The maximum atomic E-state index is 6.49. The summed E-state index contributed by atoms with van der Waals surface area (Å²) < 4.78 is 15.9. The molecule has 0 amide bonds. The molecular formula is C14H20ClNO3. The second-order valence-corrected chi connectivity index (χ2v) is 5.02. The minimum Gasteiger partial charge on any atom is -0.493 e. The largest absolute Gasteiger partial charge is 0.493 e. The predicted octanol–water partition coefficient (Wildman–Crippen LogP) is 2.32. The van der Waals surface area contributed by atoms with Gasteiger partial charge >= 0.3 is 0 Å². The molecule has 1 aliphatic heterocycles. The van der Waals surface area contributed by atoms with Gasteiger partial charge < -0.3 is 14.2 Å². The Balaban J connectivity index is 2.03. The molecule has 0 N–H and O–H groups in total. The number of nitrogens with zero attached hydrogens (tertiary/aromatic N) is 1. The fourth-order valence-corrected chi connectivity index (χ4v) is 2.49. The lowest BCUT2D eigenvalue weighted by Gasteiger charge is -2.28. The van der Waals surface area contributed by atoms with Crippen molar-refractivity contribution in [2.24, 2.45) is 0 Å². The van der Waals surface area contributed by atoms with E-state index in [0.29, 0.717) is 5.75 Å². The summed E-state index contributed by atoms with van der Waals surface area (Å²) in [5, 5.41) is -0.0575. The van der Waals surface area contributed by atoms with Gasteiger partial charge in [-0.2, -0.15) is 0 Å². The predicted molar refractivity (Wildman–Crippen MR) is 75.4 cm³/mol. The van der Waals surface area contributed by atoms with Gasteiger partial charge in [-0.1, -0.05) is 6.07 Å². The number of ether oxygens (including phenoxy) is 3. The average molecular weight is 286 g/mol. The quantitative estimate of drug-likeness (QED) is 0.777. The summed E-state index contributed by atoms with van der Waals surface area (Å²) in [6.45, 7) is 4.28. The highest BCUT2D eigenvalue weighted by Crippen LogP contribution is 2.32. The number of halogens is 1. The lowest BCUT2D eigenvalue weighted by molar-refractivity contribution is 0.0378. The zero-order valence-electron chi connectivity index (χ0n) is 11.4. The van der Waals surface area contributed by atoms with Crippen LogP contribution in [0.25, 0.3) is 0 Å². The van der Waals surface area contributed by atoms with Crippen molar-refractivity contribution in [1.29, 1.82) is 0 Å². The van der Waals surface area contributed by atoms with Gasteiger partial charge in [-0.15, -0.1) is 11.6 Å². The Morgan fingerprint density at radius 1 is 1.21 bits per heavy atom. The van der Waals surface area contributed by atoms with Crippen LogP contribution in [0.1, 0.15) is 10.9 Å².